The van der Waals surface area contributed by atoms with Gasteiger partial charge in [-0.1, -0.05) is 42.0 Å². The van der Waals surface area contributed by atoms with E-state index in [0.717, 1.165) is 11.1 Å². The van der Waals surface area contributed by atoms with Crippen LogP contribution in [0.4, 0.5) is 0 Å². The third-order valence-corrected chi connectivity index (χ3v) is 4.52. The van der Waals surface area contributed by atoms with Gasteiger partial charge in [-0.2, -0.15) is 0 Å². The summed E-state index contributed by atoms with van der Waals surface area (Å²) in [5.74, 6) is -0.916. The van der Waals surface area contributed by atoms with Gasteiger partial charge in [0.1, 0.15) is 0 Å². The van der Waals surface area contributed by atoms with Crippen molar-refractivity contribution in [1.82, 2.24) is 0 Å². The quantitative estimate of drug-likeness (QED) is 0.587. The lowest BCUT2D eigenvalue weighted by Crippen LogP contribution is -1.95. The first-order valence-electron chi connectivity index (χ1n) is 8.44. The number of aliphatic carboxylic acids is 1. The van der Waals surface area contributed by atoms with E-state index in [1.165, 1.54) is 53.2 Å². The Kier molecular flexibility index (Phi) is 5.97. The van der Waals surface area contributed by atoms with E-state index in [9.17, 15) is 4.79 Å². The van der Waals surface area contributed by atoms with Gasteiger partial charge >= 0.3 is 5.97 Å². The molecule has 0 heterocycles. The lowest BCUT2D eigenvalue weighted by molar-refractivity contribution is -0.131. The summed E-state index contributed by atoms with van der Waals surface area (Å²) in [5.41, 5.74) is 9.01. The van der Waals surface area contributed by atoms with Crippen LogP contribution in [0, 0.1) is 13.8 Å². The largest absolute Gasteiger partial charge is 0.478 e. The number of hydrogen-bond acceptors (Lipinski definition) is 1. The number of fused-ring (bicyclic) bond motifs is 1. The van der Waals surface area contributed by atoms with Crippen LogP contribution >= 0.6 is 0 Å². The molecule has 0 saturated carbocycles. The van der Waals surface area contributed by atoms with Crippen molar-refractivity contribution in [3.05, 3.63) is 75.4 Å². The normalized spacial score (nSPS) is 15.5. The van der Waals surface area contributed by atoms with Crippen LogP contribution in [0.25, 0.3) is 6.08 Å². The Hall–Kier alpha value is -2.35. The lowest BCUT2D eigenvalue weighted by atomic mass is 9.94. The molecule has 0 aliphatic heterocycles. The summed E-state index contributed by atoms with van der Waals surface area (Å²) in [6.07, 6.45) is 14.9. The molecule has 0 amide bonds. The number of carboxylic acids is 1. The summed E-state index contributed by atoms with van der Waals surface area (Å²) in [5, 5.41) is 8.68. The van der Waals surface area contributed by atoms with Crippen LogP contribution in [-0.2, 0) is 17.6 Å². The molecular weight excluding hydrogens is 296 g/mol. The Balaban J connectivity index is 2.15. The van der Waals surface area contributed by atoms with Gasteiger partial charge in [0.05, 0.1) is 0 Å². The molecule has 0 unspecified atom stereocenters. The fraction of sp³-hybridized carbons (Fsp3) is 0.318. The van der Waals surface area contributed by atoms with E-state index in [1.54, 1.807) is 13.0 Å². The van der Waals surface area contributed by atoms with Gasteiger partial charge in [-0.3, -0.25) is 0 Å². The molecule has 0 radical (unpaired) electrons. The maximum atomic E-state index is 10.6. The SMILES string of the molecule is CC(C=Cc1c(C)cc2c(c1C)CCC2)=CC=CC(C)=CC(=O)O. The Labute approximate surface area is 144 Å². The van der Waals surface area contributed by atoms with Gasteiger partial charge < -0.3 is 5.11 Å². The molecule has 2 nitrogen and oxygen atoms in total. The number of aryl methyl sites for hydroxylation is 2. The van der Waals surface area contributed by atoms with Crippen molar-refractivity contribution in [2.24, 2.45) is 0 Å². The van der Waals surface area contributed by atoms with Gasteiger partial charge in [0, 0.05) is 6.08 Å². The molecule has 2 rings (SSSR count). The molecule has 0 saturated heterocycles. The van der Waals surface area contributed by atoms with Crippen LogP contribution in [0.15, 0.2) is 47.6 Å². The van der Waals surface area contributed by atoms with Crippen LogP contribution < -0.4 is 0 Å². The number of benzene rings is 1. The summed E-state index contributed by atoms with van der Waals surface area (Å²) in [6.45, 7) is 8.25. The van der Waals surface area contributed by atoms with Gasteiger partial charge in [-0.05, 0) is 80.3 Å². The van der Waals surface area contributed by atoms with Crippen LogP contribution in [0.3, 0.4) is 0 Å². The molecule has 24 heavy (non-hydrogen) atoms. The first kappa shape index (κ1) is 18.0. The zero-order valence-corrected chi connectivity index (χ0v) is 15.0. The zero-order valence-electron chi connectivity index (χ0n) is 15.0. The molecule has 1 aromatic carbocycles. The van der Waals surface area contributed by atoms with Gasteiger partial charge in [-0.15, -0.1) is 0 Å². The molecule has 1 aliphatic rings. The minimum atomic E-state index is -0.916. The smallest absolute Gasteiger partial charge is 0.328 e. The highest BCUT2D eigenvalue weighted by molar-refractivity contribution is 5.81. The maximum absolute atomic E-state index is 10.6. The number of carboxylic acid groups (broad SMARTS) is 1. The van der Waals surface area contributed by atoms with Gasteiger partial charge in [-0.25, -0.2) is 4.79 Å². The molecule has 1 aromatic rings. The van der Waals surface area contributed by atoms with Gasteiger partial charge in [0.15, 0.2) is 0 Å². The van der Waals surface area contributed by atoms with E-state index in [1.807, 2.05) is 12.2 Å². The van der Waals surface area contributed by atoms with E-state index in [0.29, 0.717) is 0 Å². The lowest BCUT2D eigenvalue weighted by Gasteiger charge is -2.11. The van der Waals surface area contributed by atoms with Gasteiger partial charge in [0.25, 0.3) is 0 Å². The molecule has 0 bridgehead atoms. The van der Waals surface area contributed by atoms with Crippen molar-refractivity contribution in [2.45, 2.75) is 47.0 Å². The number of carbonyl (C=O) groups is 1. The predicted octanol–water partition coefficient (Wildman–Crippen LogP) is 5.34. The third kappa shape index (κ3) is 4.58. The van der Waals surface area contributed by atoms with Crippen molar-refractivity contribution >= 4 is 12.0 Å². The topological polar surface area (TPSA) is 37.3 Å². The van der Waals surface area contributed by atoms with Crippen LogP contribution in [-0.4, -0.2) is 11.1 Å². The predicted molar refractivity (Wildman–Crippen MR) is 101 cm³/mol. The molecule has 2 heteroatoms. The first-order valence-corrected chi connectivity index (χ1v) is 8.44. The fourth-order valence-corrected chi connectivity index (χ4v) is 3.27. The zero-order chi connectivity index (χ0) is 17.7. The second-order valence-corrected chi connectivity index (χ2v) is 6.55. The summed E-state index contributed by atoms with van der Waals surface area (Å²) in [4.78, 5) is 10.6. The van der Waals surface area contributed by atoms with Crippen molar-refractivity contribution in [3.63, 3.8) is 0 Å². The molecule has 0 aromatic heterocycles. The van der Waals surface area contributed by atoms with E-state index in [-0.39, 0.29) is 0 Å². The molecule has 1 N–H and O–H groups in total. The van der Waals surface area contributed by atoms with E-state index < -0.39 is 5.97 Å². The fourth-order valence-electron chi connectivity index (χ4n) is 3.27. The van der Waals surface area contributed by atoms with Gasteiger partial charge in [0.2, 0.25) is 0 Å². The second-order valence-electron chi connectivity index (χ2n) is 6.55. The Morgan fingerprint density at radius 2 is 1.88 bits per heavy atom. The summed E-state index contributed by atoms with van der Waals surface area (Å²) in [7, 11) is 0. The first-order chi connectivity index (χ1) is 11.4. The molecule has 0 spiro atoms. The van der Waals surface area contributed by atoms with E-state index in [4.69, 9.17) is 5.11 Å². The van der Waals surface area contributed by atoms with E-state index >= 15 is 0 Å². The summed E-state index contributed by atoms with van der Waals surface area (Å²) in [6, 6.07) is 2.34. The third-order valence-electron chi connectivity index (χ3n) is 4.52. The average molecular weight is 322 g/mol. The minimum absolute atomic E-state index is 0.723. The molecule has 0 atom stereocenters. The van der Waals surface area contributed by atoms with Crippen molar-refractivity contribution < 1.29 is 9.90 Å². The van der Waals surface area contributed by atoms with Crippen molar-refractivity contribution in [2.75, 3.05) is 0 Å². The molecular formula is C22H26O2. The highest BCUT2D eigenvalue weighted by Crippen LogP contribution is 2.30. The second kappa shape index (κ2) is 7.96. The Morgan fingerprint density at radius 3 is 2.58 bits per heavy atom. The number of hydrogen-bond donors (Lipinski definition) is 1. The molecule has 126 valence electrons. The van der Waals surface area contributed by atoms with Crippen LogP contribution in [0.2, 0.25) is 0 Å². The summed E-state index contributed by atoms with van der Waals surface area (Å²) >= 11 is 0. The van der Waals surface area contributed by atoms with Crippen LogP contribution in [0.5, 0.6) is 0 Å². The standard InChI is InChI=1S/C22H26O2/c1-15(7-5-8-16(2)13-22(23)24)11-12-20-17(3)14-19-9-6-10-21(19)18(20)4/h5,7-8,11-14H,6,9-10H2,1-4H3,(H,23,24). The molecule has 1 aliphatic carbocycles. The monoisotopic (exact) mass is 322 g/mol. The van der Waals surface area contributed by atoms with Crippen molar-refractivity contribution in [3.8, 4) is 0 Å². The van der Waals surface area contributed by atoms with E-state index in [2.05, 4.69) is 39.0 Å². The number of allylic oxidation sites excluding steroid dienone is 6. The van der Waals surface area contributed by atoms with Crippen LogP contribution in [0.1, 0.15) is 48.1 Å². The summed E-state index contributed by atoms with van der Waals surface area (Å²) < 4.78 is 0. The Bertz CT molecular complexity index is 759. The average Bonchev–Trinajstić information content (AvgIpc) is 2.94. The number of rotatable bonds is 5. The highest BCUT2D eigenvalue weighted by Gasteiger charge is 2.16. The minimum Gasteiger partial charge on any atom is -0.478 e. The highest BCUT2D eigenvalue weighted by atomic mass is 16.4. The molecule has 0 fully saturated rings. The maximum Gasteiger partial charge on any atom is 0.328 e. The van der Waals surface area contributed by atoms with Crippen molar-refractivity contribution in [1.29, 1.82) is 0 Å². The Morgan fingerprint density at radius 1 is 1.12 bits per heavy atom.